The van der Waals surface area contributed by atoms with Crippen LogP contribution in [-0.4, -0.2) is 44.4 Å². The molecule has 1 aliphatic rings. The molecule has 122 valence electrons. The number of nitrogens with zero attached hydrogens (tertiary/aromatic N) is 1. The van der Waals surface area contributed by atoms with Gasteiger partial charge < -0.3 is 14.4 Å². The highest BCUT2D eigenvalue weighted by Crippen LogP contribution is 2.17. The van der Waals surface area contributed by atoms with Crippen LogP contribution >= 0.6 is 0 Å². The average Bonchev–Trinajstić information content (AvgIpc) is 2.55. The van der Waals surface area contributed by atoms with E-state index in [4.69, 9.17) is 9.47 Å². The molecule has 1 aromatic rings. The number of benzene rings is 1. The summed E-state index contributed by atoms with van der Waals surface area (Å²) in [6, 6.07) is 6.25. The molecule has 1 heterocycles. The lowest BCUT2D eigenvalue weighted by Gasteiger charge is -2.23. The molecule has 0 radical (unpaired) electrons. The molecule has 0 aliphatic carbocycles. The van der Waals surface area contributed by atoms with Crippen molar-refractivity contribution >= 4 is 5.69 Å². The fourth-order valence-corrected chi connectivity index (χ4v) is 2.59. The summed E-state index contributed by atoms with van der Waals surface area (Å²) in [6.07, 6.45) is 4.67. The summed E-state index contributed by atoms with van der Waals surface area (Å²) in [6.45, 7) is 6.00. The lowest BCUT2D eigenvalue weighted by Crippen LogP contribution is -3.14. The highest BCUT2D eigenvalue weighted by Gasteiger charge is 2.12. The van der Waals surface area contributed by atoms with Gasteiger partial charge in [0.25, 0.3) is 5.69 Å². The summed E-state index contributed by atoms with van der Waals surface area (Å²) in [7, 11) is 0. The number of morpholine rings is 1. The number of quaternary nitrogens is 1. The Morgan fingerprint density at radius 2 is 1.77 bits per heavy atom. The fraction of sp³-hybridized carbons (Fsp3) is 0.625. The van der Waals surface area contributed by atoms with Gasteiger partial charge in [-0.25, -0.2) is 0 Å². The molecule has 1 fully saturated rings. The Morgan fingerprint density at radius 3 is 2.45 bits per heavy atom. The molecule has 1 aliphatic heterocycles. The second-order valence-corrected chi connectivity index (χ2v) is 5.63. The van der Waals surface area contributed by atoms with E-state index in [1.165, 1.54) is 31.5 Å². The van der Waals surface area contributed by atoms with Crippen LogP contribution in [0.4, 0.5) is 5.69 Å². The van der Waals surface area contributed by atoms with Gasteiger partial charge in [-0.3, -0.25) is 10.1 Å². The van der Waals surface area contributed by atoms with Crippen molar-refractivity contribution in [2.75, 3.05) is 39.5 Å². The van der Waals surface area contributed by atoms with Crippen molar-refractivity contribution in [3.63, 3.8) is 0 Å². The largest absolute Gasteiger partial charge is 0.494 e. The Bertz CT molecular complexity index is 444. The lowest BCUT2D eigenvalue weighted by atomic mass is 10.2. The third-order valence-corrected chi connectivity index (χ3v) is 3.94. The molecule has 2 rings (SSSR count). The molecular weight excluding hydrogens is 284 g/mol. The van der Waals surface area contributed by atoms with Crippen LogP contribution in [0.2, 0.25) is 0 Å². The fourth-order valence-electron chi connectivity index (χ4n) is 2.59. The van der Waals surface area contributed by atoms with Gasteiger partial charge in [0.2, 0.25) is 0 Å². The maximum atomic E-state index is 10.5. The zero-order valence-electron chi connectivity index (χ0n) is 13.0. The quantitative estimate of drug-likeness (QED) is 0.426. The zero-order valence-corrected chi connectivity index (χ0v) is 13.0. The first-order valence-corrected chi connectivity index (χ1v) is 8.04. The second kappa shape index (κ2) is 9.38. The van der Waals surface area contributed by atoms with Crippen LogP contribution in [0.15, 0.2) is 24.3 Å². The van der Waals surface area contributed by atoms with Gasteiger partial charge >= 0.3 is 0 Å². The normalized spacial score (nSPS) is 15.6. The Balaban J connectivity index is 1.49. The van der Waals surface area contributed by atoms with Gasteiger partial charge in [0, 0.05) is 12.1 Å². The van der Waals surface area contributed by atoms with E-state index in [9.17, 15) is 10.1 Å². The summed E-state index contributed by atoms with van der Waals surface area (Å²) >= 11 is 0. The number of nitro groups is 1. The third-order valence-electron chi connectivity index (χ3n) is 3.94. The predicted molar refractivity (Wildman–Crippen MR) is 83.4 cm³/mol. The zero-order chi connectivity index (χ0) is 15.6. The third kappa shape index (κ3) is 5.99. The number of hydrogen-bond acceptors (Lipinski definition) is 4. The van der Waals surface area contributed by atoms with Crippen molar-refractivity contribution in [1.82, 2.24) is 0 Å². The molecule has 1 saturated heterocycles. The standard InChI is InChI=1S/C16H24N2O4/c19-18(20)15-5-7-16(8-6-15)22-12-4-2-1-3-9-17-10-13-21-14-11-17/h5-8H,1-4,9-14H2/p+1. The highest BCUT2D eigenvalue weighted by atomic mass is 16.6. The molecule has 0 amide bonds. The number of nitro benzene ring substituents is 1. The molecule has 0 bridgehead atoms. The summed E-state index contributed by atoms with van der Waals surface area (Å²) in [5.74, 6) is 0.698. The lowest BCUT2D eigenvalue weighted by molar-refractivity contribution is -0.908. The van der Waals surface area contributed by atoms with Gasteiger partial charge in [-0.1, -0.05) is 0 Å². The van der Waals surface area contributed by atoms with Crippen LogP contribution in [0.1, 0.15) is 25.7 Å². The molecular formula is C16H25N2O4+. The van der Waals surface area contributed by atoms with E-state index in [1.54, 1.807) is 17.0 Å². The highest BCUT2D eigenvalue weighted by molar-refractivity contribution is 5.35. The van der Waals surface area contributed by atoms with E-state index < -0.39 is 4.92 Å². The van der Waals surface area contributed by atoms with Crippen molar-refractivity contribution in [1.29, 1.82) is 0 Å². The van der Waals surface area contributed by atoms with Gasteiger partial charge in [-0.2, -0.15) is 0 Å². The molecule has 1 N–H and O–H groups in total. The van der Waals surface area contributed by atoms with Gasteiger partial charge in [-0.05, 0) is 37.8 Å². The summed E-state index contributed by atoms with van der Waals surface area (Å²) in [4.78, 5) is 11.8. The van der Waals surface area contributed by atoms with Gasteiger partial charge in [-0.15, -0.1) is 0 Å². The van der Waals surface area contributed by atoms with Crippen LogP contribution in [0.25, 0.3) is 0 Å². The summed E-state index contributed by atoms with van der Waals surface area (Å²) in [5, 5.41) is 10.5. The first kappa shape index (κ1) is 16.7. The second-order valence-electron chi connectivity index (χ2n) is 5.63. The summed E-state index contributed by atoms with van der Waals surface area (Å²) < 4.78 is 10.9. The molecule has 0 unspecified atom stereocenters. The number of hydrogen-bond donors (Lipinski definition) is 1. The van der Waals surface area contributed by atoms with Crippen LogP contribution in [0.5, 0.6) is 5.75 Å². The molecule has 6 heteroatoms. The van der Waals surface area contributed by atoms with Gasteiger partial charge in [0.1, 0.15) is 18.8 Å². The summed E-state index contributed by atoms with van der Waals surface area (Å²) in [5.41, 5.74) is 0.0953. The maximum absolute atomic E-state index is 10.5. The van der Waals surface area contributed by atoms with Gasteiger partial charge in [0.05, 0.1) is 31.3 Å². The average molecular weight is 309 g/mol. The molecule has 1 aromatic carbocycles. The molecule has 0 atom stereocenters. The van der Waals surface area contributed by atoms with Crippen molar-refractivity contribution in [3.05, 3.63) is 34.4 Å². The maximum Gasteiger partial charge on any atom is 0.269 e. The minimum Gasteiger partial charge on any atom is -0.494 e. The molecule has 0 spiro atoms. The van der Waals surface area contributed by atoms with E-state index in [0.29, 0.717) is 12.4 Å². The number of ether oxygens (including phenoxy) is 2. The first-order chi connectivity index (χ1) is 10.8. The number of unbranched alkanes of at least 4 members (excludes halogenated alkanes) is 3. The van der Waals surface area contributed by atoms with Crippen LogP contribution in [0.3, 0.4) is 0 Å². The van der Waals surface area contributed by atoms with E-state index >= 15 is 0 Å². The number of nitrogens with one attached hydrogen (secondary N) is 1. The monoisotopic (exact) mass is 309 g/mol. The molecule has 0 aromatic heterocycles. The van der Waals surface area contributed by atoms with Crippen LogP contribution < -0.4 is 9.64 Å². The Kier molecular flexibility index (Phi) is 7.12. The Labute approximate surface area is 131 Å². The van der Waals surface area contributed by atoms with E-state index in [1.807, 2.05) is 0 Å². The Morgan fingerprint density at radius 1 is 1.09 bits per heavy atom. The van der Waals surface area contributed by atoms with E-state index in [-0.39, 0.29) is 5.69 Å². The van der Waals surface area contributed by atoms with E-state index in [0.717, 1.165) is 39.1 Å². The molecule has 22 heavy (non-hydrogen) atoms. The van der Waals surface area contributed by atoms with Crippen molar-refractivity contribution in [3.8, 4) is 5.75 Å². The number of non-ortho nitro benzene ring substituents is 1. The minimum atomic E-state index is -0.403. The van der Waals surface area contributed by atoms with Crippen molar-refractivity contribution in [2.24, 2.45) is 0 Å². The Hall–Kier alpha value is -1.66. The molecule has 0 saturated carbocycles. The van der Waals surface area contributed by atoms with Crippen LogP contribution in [-0.2, 0) is 4.74 Å². The first-order valence-electron chi connectivity index (χ1n) is 8.04. The number of rotatable bonds is 9. The topological polar surface area (TPSA) is 66.0 Å². The van der Waals surface area contributed by atoms with Gasteiger partial charge in [0.15, 0.2) is 0 Å². The minimum absolute atomic E-state index is 0.0953. The predicted octanol–water partition coefficient (Wildman–Crippen LogP) is 1.45. The smallest absolute Gasteiger partial charge is 0.269 e. The van der Waals surface area contributed by atoms with E-state index in [2.05, 4.69) is 0 Å². The van der Waals surface area contributed by atoms with Crippen molar-refractivity contribution < 1.29 is 19.3 Å². The van der Waals surface area contributed by atoms with Crippen molar-refractivity contribution in [2.45, 2.75) is 25.7 Å². The SMILES string of the molecule is O=[N+]([O-])c1ccc(OCCCCCC[NH+]2CCOCC2)cc1. The van der Waals surface area contributed by atoms with Crippen LogP contribution in [0, 0.1) is 10.1 Å². The molecule has 6 nitrogen and oxygen atoms in total.